The van der Waals surface area contributed by atoms with Gasteiger partial charge in [-0.2, -0.15) is 0 Å². The number of halogens is 1. The lowest BCUT2D eigenvalue weighted by atomic mass is 10.0. The van der Waals surface area contributed by atoms with Gasteiger partial charge in [-0.3, -0.25) is 0 Å². The van der Waals surface area contributed by atoms with Crippen LogP contribution in [0.5, 0.6) is 5.75 Å². The number of nitrogens with zero attached hydrogens (tertiary/aromatic N) is 3. The van der Waals surface area contributed by atoms with Crippen molar-refractivity contribution in [1.82, 2.24) is 14.7 Å². The van der Waals surface area contributed by atoms with Gasteiger partial charge in [0.1, 0.15) is 11.6 Å². The van der Waals surface area contributed by atoms with Crippen LogP contribution >= 0.6 is 0 Å². The topological polar surface area (TPSA) is 65.1 Å². The molecule has 1 N–H and O–H groups in total. The highest BCUT2D eigenvalue weighted by Crippen LogP contribution is 2.26. The summed E-state index contributed by atoms with van der Waals surface area (Å²) < 4.78 is 18.4. The summed E-state index contributed by atoms with van der Waals surface area (Å²) in [5.74, 6) is 0.342. The number of ether oxygens (including phenoxy) is 1. The molecule has 0 aliphatic carbocycles. The van der Waals surface area contributed by atoms with Crippen LogP contribution in [0.15, 0.2) is 48.5 Å². The van der Waals surface area contributed by atoms with E-state index in [0.717, 1.165) is 18.4 Å². The zero-order chi connectivity index (χ0) is 21.8. The Labute approximate surface area is 181 Å². The Morgan fingerprint density at radius 2 is 1.77 bits per heavy atom. The van der Waals surface area contributed by atoms with Crippen molar-refractivity contribution in [2.75, 3.05) is 38.6 Å². The zero-order valence-electron chi connectivity index (χ0n) is 17.6. The first-order valence-corrected chi connectivity index (χ1v) is 10.5. The van der Waals surface area contributed by atoms with Gasteiger partial charge in [-0.05, 0) is 42.7 Å². The van der Waals surface area contributed by atoms with E-state index in [-0.39, 0.29) is 23.9 Å². The predicted molar refractivity (Wildman–Crippen MR) is 116 cm³/mol. The third-order valence-corrected chi connectivity index (χ3v) is 5.95. The maximum atomic E-state index is 13.1. The number of hydrogen-bond acceptors (Lipinski definition) is 3. The van der Waals surface area contributed by atoms with Crippen LogP contribution in [-0.2, 0) is 6.54 Å². The summed E-state index contributed by atoms with van der Waals surface area (Å²) in [6.07, 6.45) is 1.49. The number of methoxy groups -OCH3 is 1. The number of amides is 4. The van der Waals surface area contributed by atoms with Crippen LogP contribution in [0.4, 0.5) is 19.7 Å². The number of anilines is 1. The Hall–Kier alpha value is -3.29. The summed E-state index contributed by atoms with van der Waals surface area (Å²) in [4.78, 5) is 31.0. The van der Waals surface area contributed by atoms with E-state index in [1.54, 1.807) is 35.1 Å². The van der Waals surface area contributed by atoms with Crippen molar-refractivity contribution in [1.29, 1.82) is 0 Å². The third-order valence-electron chi connectivity index (χ3n) is 5.95. The number of carbonyl (C=O) groups is 2. The molecule has 2 heterocycles. The molecule has 2 aromatic rings. The summed E-state index contributed by atoms with van der Waals surface area (Å²) in [5.41, 5.74) is 1.56. The number of piperidine rings is 1. The largest absolute Gasteiger partial charge is 0.495 e. The molecule has 0 atom stereocenters. The van der Waals surface area contributed by atoms with Crippen molar-refractivity contribution in [2.24, 2.45) is 0 Å². The standard InChI is InChI=1S/C23H27FN4O3/c1-31-21-5-3-2-4-20(21)25-22(29)26-12-10-19(11-13-26)28-15-14-27(23(28)30)16-17-6-8-18(24)9-7-17/h2-9,19H,10-16H2,1H3,(H,25,29). The molecule has 2 aliphatic rings. The Bertz CT molecular complexity index is 929. The summed E-state index contributed by atoms with van der Waals surface area (Å²) in [7, 11) is 1.57. The summed E-state index contributed by atoms with van der Waals surface area (Å²) in [5, 5.41) is 2.91. The molecule has 164 valence electrons. The number of rotatable bonds is 5. The summed E-state index contributed by atoms with van der Waals surface area (Å²) in [6.45, 7) is 3.00. The van der Waals surface area contributed by atoms with Gasteiger partial charge in [0.05, 0.1) is 12.8 Å². The Morgan fingerprint density at radius 1 is 1.06 bits per heavy atom. The van der Waals surface area contributed by atoms with Crippen LogP contribution in [0.2, 0.25) is 0 Å². The highest BCUT2D eigenvalue weighted by molar-refractivity contribution is 5.91. The van der Waals surface area contributed by atoms with Gasteiger partial charge in [0.25, 0.3) is 0 Å². The van der Waals surface area contributed by atoms with Crippen LogP contribution in [0, 0.1) is 5.82 Å². The molecular weight excluding hydrogens is 399 g/mol. The average Bonchev–Trinajstić information content (AvgIpc) is 3.15. The van der Waals surface area contributed by atoms with Gasteiger partial charge in [0.2, 0.25) is 0 Å². The van der Waals surface area contributed by atoms with Crippen molar-refractivity contribution in [2.45, 2.75) is 25.4 Å². The molecule has 2 saturated heterocycles. The molecule has 0 spiro atoms. The van der Waals surface area contributed by atoms with Crippen LogP contribution in [-0.4, -0.2) is 66.1 Å². The number of carbonyl (C=O) groups excluding carboxylic acids is 2. The molecule has 0 bridgehead atoms. The van der Waals surface area contributed by atoms with E-state index in [0.29, 0.717) is 44.2 Å². The number of para-hydroxylation sites is 2. The van der Waals surface area contributed by atoms with Gasteiger partial charge >= 0.3 is 12.1 Å². The van der Waals surface area contributed by atoms with Gasteiger partial charge in [-0.1, -0.05) is 24.3 Å². The lowest BCUT2D eigenvalue weighted by Crippen LogP contribution is -2.49. The molecular formula is C23H27FN4O3. The van der Waals surface area contributed by atoms with E-state index in [1.165, 1.54) is 12.1 Å². The fourth-order valence-corrected chi connectivity index (χ4v) is 4.22. The summed E-state index contributed by atoms with van der Waals surface area (Å²) in [6, 6.07) is 13.6. The second kappa shape index (κ2) is 9.24. The van der Waals surface area contributed by atoms with Crippen molar-refractivity contribution in [3.63, 3.8) is 0 Å². The predicted octanol–water partition coefficient (Wildman–Crippen LogP) is 3.77. The van der Waals surface area contributed by atoms with Gasteiger partial charge in [0, 0.05) is 38.8 Å². The molecule has 8 heteroatoms. The number of urea groups is 2. The molecule has 0 aromatic heterocycles. The number of nitrogens with one attached hydrogen (secondary N) is 1. The number of benzene rings is 2. The molecule has 0 radical (unpaired) electrons. The summed E-state index contributed by atoms with van der Waals surface area (Å²) >= 11 is 0. The first kappa shape index (κ1) is 21.0. The van der Waals surface area contributed by atoms with Crippen LogP contribution in [0.3, 0.4) is 0 Å². The monoisotopic (exact) mass is 426 g/mol. The number of likely N-dealkylation sites (tertiary alicyclic amines) is 1. The second-order valence-corrected chi connectivity index (χ2v) is 7.87. The minimum absolute atomic E-state index is 0.0150. The van der Waals surface area contributed by atoms with E-state index in [9.17, 15) is 14.0 Å². The normalized spacial score (nSPS) is 17.2. The molecule has 2 fully saturated rings. The lowest BCUT2D eigenvalue weighted by molar-refractivity contribution is 0.139. The molecule has 0 unspecified atom stereocenters. The first-order chi connectivity index (χ1) is 15.0. The van der Waals surface area contributed by atoms with E-state index in [4.69, 9.17) is 4.74 Å². The van der Waals surface area contributed by atoms with Crippen molar-refractivity contribution < 1.29 is 18.7 Å². The van der Waals surface area contributed by atoms with Gasteiger partial charge < -0.3 is 24.8 Å². The molecule has 4 amide bonds. The molecule has 0 saturated carbocycles. The molecule has 4 rings (SSSR count). The maximum Gasteiger partial charge on any atom is 0.321 e. The molecule has 2 aliphatic heterocycles. The fourth-order valence-electron chi connectivity index (χ4n) is 4.22. The zero-order valence-corrected chi connectivity index (χ0v) is 17.6. The molecule has 31 heavy (non-hydrogen) atoms. The van der Waals surface area contributed by atoms with Gasteiger partial charge in [0.15, 0.2) is 0 Å². The minimum atomic E-state index is -0.278. The van der Waals surface area contributed by atoms with E-state index in [1.807, 2.05) is 23.1 Å². The third kappa shape index (κ3) is 4.73. The lowest BCUT2D eigenvalue weighted by Gasteiger charge is -2.36. The Balaban J connectivity index is 1.29. The van der Waals surface area contributed by atoms with Gasteiger partial charge in [-0.15, -0.1) is 0 Å². The fraction of sp³-hybridized carbons (Fsp3) is 0.391. The van der Waals surface area contributed by atoms with E-state index in [2.05, 4.69) is 5.32 Å². The molecule has 2 aromatic carbocycles. The van der Waals surface area contributed by atoms with Crippen molar-refractivity contribution in [3.8, 4) is 5.75 Å². The molecule has 7 nitrogen and oxygen atoms in total. The first-order valence-electron chi connectivity index (χ1n) is 10.5. The average molecular weight is 426 g/mol. The Kier molecular flexibility index (Phi) is 6.25. The second-order valence-electron chi connectivity index (χ2n) is 7.87. The van der Waals surface area contributed by atoms with Gasteiger partial charge in [-0.25, -0.2) is 14.0 Å². The van der Waals surface area contributed by atoms with Crippen LogP contribution in [0.1, 0.15) is 18.4 Å². The van der Waals surface area contributed by atoms with Crippen molar-refractivity contribution in [3.05, 3.63) is 59.9 Å². The minimum Gasteiger partial charge on any atom is -0.495 e. The van der Waals surface area contributed by atoms with E-state index >= 15 is 0 Å². The smallest absolute Gasteiger partial charge is 0.321 e. The van der Waals surface area contributed by atoms with Crippen LogP contribution < -0.4 is 10.1 Å². The SMILES string of the molecule is COc1ccccc1NC(=O)N1CCC(N2CCN(Cc3ccc(F)cc3)C2=O)CC1. The highest BCUT2D eigenvalue weighted by Gasteiger charge is 2.36. The van der Waals surface area contributed by atoms with Crippen LogP contribution in [0.25, 0.3) is 0 Å². The quantitative estimate of drug-likeness (QED) is 0.792. The highest BCUT2D eigenvalue weighted by atomic mass is 19.1. The van der Waals surface area contributed by atoms with Crippen molar-refractivity contribution >= 4 is 17.7 Å². The number of hydrogen-bond donors (Lipinski definition) is 1. The maximum absolute atomic E-state index is 13.1. The Morgan fingerprint density at radius 3 is 2.48 bits per heavy atom. The van der Waals surface area contributed by atoms with E-state index < -0.39 is 0 Å².